The lowest BCUT2D eigenvalue weighted by atomic mass is 9.64. The van der Waals surface area contributed by atoms with E-state index in [0.717, 1.165) is 31.4 Å². The zero-order chi connectivity index (χ0) is 19.0. The van der Waals surface area contributed by atoms with Gasteiger partial charge in [0.25, 0.3) is 0 Å². The number of methoxy groups -OCH3 is 1. The first kappa shape index (κ1) is 21.3. The lowest BCUT2D eigenvalue weighted by molar-refractivity contribution is 0.272. The Morgan fingerprint density at radius 2 is 1.68 bits per heavy atom. The van der Waals surface area contributed by atoms with Gasteiger partial charge in [0.15, 0.2) is 0 Å². The van der Waals surface area contributed by atoms with E-state index in [-0.39, 0.29) is 5.41 Å². The van der Waals surface area contributed by atoms with E-state index in [1.165, 1.54) is 27.8 Å². The van der Waals surface area contributed by atoms with Crippen molar-refractivity contribution in [2.45, 2.75) is 67.2 Å². The highest BCUT2D eigenvalue weighted by Gasteiger charge is 2.36. The predicted molar refractivity (Wildman–Crippen MR) is 112 cm³/mol. The monoisotopic (exact) mass is 340 g/mol. The summed E-state index contributed by atoms with van der Waals surface area (Å²) in [5, 5.41) is 0. The Labute approximate surface area is 155 Å². The number of hydrogen-bond donors (Lipinski definition) is 0. The van der Waals surface area contributed by atoms with Crippen molar-refractivity contribution in [2.75, 3.05) is 7.11 Å². The SMILES string of the molecule is C=C1c2ccc(C)cc2CCC1(C)C1=CC=C(OC)CC1.CC.CC. The number of rotatable bonds is 2. The summed E-state index contributed by atoms with van der Waals surface area (Å²) in [5.41, 5.74) is 7.04. The van der Waals surface area contributed by atoms with Crippen molar-refractivity contribution < 1.29 is 4.74 Å². The minimum atomic E-state index is 0.0953. The van der Waals surface area contributed by atoms with E-state index < -0.39 is 0 Å². The van der Waals surface area contributed by atoms with Gasteiger partial charge < -0.3 is 4.74 Å². The number of aryl methyl sites for hydroxylation is 2. The molecule has 0 heterocycles. The van der Waals surface area contributed by atoms with Crippen molar-refractivity contribution in [1.82, 2.24) is 0 Å². The maximum atomic E-state index is 5.35. The number of benzene rings is 1. The summed E-state index contributed by atoms with van der Waals surface area (Å²) < 4.78 is 5.35. The molecule has 0 N–H and O–H groups in total. The number of fused-ring (bicyclic) bond motifs is 1. The summed E-state index contributed by atoms with van der Waals surface area (Å²) in [6, 6.07) is 6.77. The van der Waals surface area contributed by atoms with Gasteiger partial charge in [-0.25, -0.2) is 0 Å². The second-order valence-electron chi connectivity index (χ2n) is 6.50. The lowest BCUT2D eigenvalue weighted by Gasteiger charge is -2.40. The van der Waals surface area contributed by atoms with Gasteiger partial charge in [-0.15, -0.1) is 0 Å². The van der Waals surface area contributed by atoms with Crippen molar-refractivity contribution in [3.8, 4) is 0 Å². The highest BCUT2D eigenvalue weighted by molar-refractivity contribution is 5.75. The molecule has 0 spiro atoms. The largest absolute Gasteiger partial charge is 0.501 e. The fraction of sp³-hybridized carbons (Fsp3) is 0.500. The molecule has 25 heavy (non-hydrogen) atoms. The third kappa shape index (κ3) is 4.45. The molecule has 2 aliphatic rings. The molecular formula is C24H36O. The molecule has 2 aliphatic carbocycles. The molecule has 0 aliphatic heterocycles. The van der Waals surface area contributed by atoms with Gasteiger partial charge in [-0.2, -0.15) is 0 Å². The maximum Gasteiger partial charge on any atom is 0.0958 e. The van der Waals surface area contributed by atoms with E-state index in [1.54, 1.807) is 7.11 Å². The minimum Gasteiger partial charge on any atom is -0.501 e. The molecule has 0 bridgehead atoms. The van der Waals surface area contributed by atoms with Gasteiger partial charge in [0.1, 0.15) is 0 Å². The van der Waals surface area contributed by atoms with Gasteiger partial charge >= 0.3 is 0 Å². The van der Waals surface area contributed by atoms with Crippen LogP contribution in [0.15, 0.2) is 48.3 Å². The van der Waals surface area contributed by atoms with Crippen LogP contribution in [0.1, 0.15) is 70.6 Å². The highest BCUT2D eigenvalue weighted by atomic mass is 16.5. The average molecular weight is 341 g/mol. The van der Waals surface area contributed by atoms with E-state index in [1.807, 2.05) is 27.7 Å². The molecule has 0 fully saturated rings. The molecule has 0 amide bonds. The third-order valence-electron chi connectivity index (χ3n) is 5.23. The average Bonchev–Trinajstić information content (AvgIpc) is 2.68. The van der Waals surface area contributed by atoms with Crippen molar-refractivity contribution >= 4 is 5.57 Å². The fourth-order valence-corrected chi connectivity index (χ4v) is 3.66. The first-order chi connectivity index (χ1) is 12.0. The van der Waals surface area contributed by atoms with E-state index in [4.69, 9.17) is 4.74 Å². The van der Waals surface area contributed by atoms with E-state index in [9.17, 15) is 0 Å². The first-order valence-electron chi connectivity index (χ1n) is 9.78. The summed E-state index contributed by atoms with van der Waals surface area (Å²) in [7, 11) is 1.75. The zero-order valence-electron chi connectivity index (χ0n) is 17.3. The Hall–Kier alpha value is -1.76. The molecule has 138 valence electrons. The van der Waals surface area contributed by atoms with Gasteiger partial charge in [-0.3, -0.25) is 0 Å². The van der Waals surface area contributed by atoms with Crippen molar-refractivity contribution in [3.05, 3.63) is 65.0 Å². The molecule has 1 aromatic rings. The maximum absolute atomic E-state index is 5.35. The van der Waals surface area contributed by atoms with Gasteiger partial charge in [0.2, 0.25) is 0 Å². The highest BCUT2D eigenvalue weighted by Crippen LogP contribution is 2.50. The standard InChI is InChI=1S/C20H24O.2C2H6/c1-14-5-10-19-15(2)20(3,12-11-16(19)13-14)17-6-8-18(21-4)9-7-17;2*1-2/h5-6,8,10,13H,2,7,9,11-12H2,1,3-4H3;2*1-2H3. The molecule has 3 rings (SSSR count). The van der Waals surface area contributed by atoms with Crippen molar-refractivity contribution in [1.29, 1.82) is 0 Å². The van der Waals surface area contributed by atoms with Crippen LogP contribution in [0.4, 0.5) is 0 Å². The predicted octanol–water partition coefficient (Wildman–Crippen LogP) is 7.26. The number of hydrogen-bond acceptors (Lipinski definition) is 1. The molecule has 0 saturated carbocycles. The summed E-state index contributed by atoms with van der Waals surface area (Å²) >= 11 is 0. The van der Waals surface area contributed by atoms with Gasteiger partial charge in [-0.1, -0.05) is 76.6 Å². The molecule has 1 aromatic carbocycles. The van der Waals surface area contributed by atoms with Crippen molar-refractivity contribution in [3.63, 3.8) is 0 Å². The summed E-state index contributed by atoms with van der Waals surface area (Å²) in [4.78, 5) is 0. The summed E-state index contributed by atoms with van der Waals surface area (Å²) in [6.45, 7) is 17.0. The molecule has 0 radical (unpaired) electrons. The van der Waals surface area contributed by atoms with Crippen LogP contribution in [0.2, 0.25) is 0 Å². The quantitative estimate of drug-likeness (QED) is 0.550. The van der Waals surface area contributed by atoms with E-state index in [0.29, 0.717) is 0 Å². The summed E-state index contributed by atoms with van der Waals surface area (Å²) in [6.07, 6.45) is 8.77. The first-order valence-corrected chi connectivity index (χ1v) is 9.78. The lowest BCUT2D eigenvalue weighted by Crippen LogP contribution is -2.27. The fourth-order valence-electron chi connectivity index (χ4n) is 3.66. The molecule has 0 saturated heterocycles. The Morgan fingerprint density at radius 3 is 2.24 bits per heavy atom. The number of allylic oxidation sites excluding steroid dienone is 5. The molecular weight excluding hydrogens is 304 g/mol. The zero-order valence-corrected chi connectivity index (χ0v) is 17.3. The Balaban J connectivity index is 0.000000730. The molecule has 1 atom stereocenters. The topological polar surface area (TPSA) is 9.23 Å². The van der Waals surface area contributed by atoms with Crippen LogP contribution in [-0.2, 0) is 11.2 Å². The van der Waals surface area contributed by atoms with Crippen LogP contribution in [0, 0.1) is 12.3 Å². The minimum absolute atomic E-state index is 0.0953. The van der Waals surface area contributed by atoms with E-state index >= 15 is 0 Å². The van der Waals surface area contributed by atoms with Gasteiger partial charge in [-0.05, 0) is 49.0 Å². The van der Waals surface area contributed by atoms with Crippen LogP contribution in [-0.4, -0.2) is 7.11 Å². The Morgan fingerprint density at radius 1 is 1.00 bits per heavy atom. The second-order valence-corrected chi connectivity index (χ2v) is 6.50. The van der Waals surface area contributed by atoms with Gasteiger partial charge in [0.05, 0.1) is 12.9 Å². The van der Waals surface area contributed by atoms with Crippen LogP contribution >= 0.6 is 0 Å². The van der Waals surface area contributed by atoms with Crippen LogP contribution < -0.4 is 0 Å². The number of ether oxygens (including phenoxy) is 1. The Kier molecular flexibility index (Phi) is 8.22. The second kappa shape index (κ2) is 9.65. The molecule has 1 heteroatoms. The molecule has 0 aromatic heterocycles. The van der Waals surface area contributed by atoms with E-state index in [2.05, 4.69) is 50.8 Å². The summed E-state index contributed by atoms with van der Waals surface area (Å²) in [5.74, 6) is 1.08. The third-order valence-corrected chi connectivity index (χ3v) is 5.23. The smallest absolute Gasteiger partial charge is 0.0958 e. The normalized spacial score (nSPS) is 21.5. The molecule has 1 unspecified atom stereocenters. The van der Waals surface area contributed by atoms with Crippen molar-refractivity contribution in [2.24, 2.45) is 5.41 Å². The van der Waals surface area contributed by atoms with Gasteiger partial charge in [0, 0.05) is 11.8 Å². The van der Waals surface area contributed by atoms with Crippen LogP contribution in [0.3, 0.4) is 0 Å². The Bertz CT molecular complexity index is 648. The van der Waals surface area contributed by atoms with Crippen LogP contribution in [0.25, 0.3) is 5.57 Å². The molecule has 1 nitrogen and oxygen atoms in total. The van der Waals surface area contributed by atoms with Crippen LogP contribution in [0.5, 0.6) is 0 Å².